The summed E-state index contributed by atoms with van der Waals surface area (Å²) in [5.41, 5.74) is 1.28. The van der Waals surface area contributed by atoms with Gasteiger partial charge in [0.05, 0.1) is 5.69 Å². The fraction of sp³-hybridized carbons (Fsp3) is 0.350. The van der Waals surface area contributed by atoms with E-state index in [1.165, 1.54) is 12.8 Å². The highest BCUT2D eigenvalue weighted by Crippen LogP contribution is 2.33. The molecule has 1 unspecified atom stereocenters. The lowest BCUT2D eigenvalue weighted by Gasteiger charge is -2.28. The molecule has 5 rings (SSSR count). The molecule has 3 atom stereocenters. The average molecular weight is 348 g/mol. The van der Waals surface area contributed by atoms with Gasteiger partial charge in [-0.2, -0.15) is 0 Å². The number of hydrogen-bond donors (Lipinski definition) is 2. The number of fused-ring (bicyclic) bond motifs is 3. The van der Waals surface area contributed by atoms with Crippen LogP contribution in [-0.4, -0.2) is 38.5 Å². The Balaban J connectivity index is 1.37. The maximum Gasteiger partial charge on any atom is 0.233 e. The van der Waals surface area contributed by atoms with E-state index in [1.54, 1.807) is 18.5 Å². The summed E-state index contributed by atoms with van der Waals surface area (Å²) < 4.78 is 6.04. The van der Waals surface area contributed by atoms with Crippen LogP contribution in [0.1, 0.15) is 25.7 Å². The average Bonchev–Trinajstić information content (AvgIpc) is 3.00. The highest BCUT2D eigenvalue weighted by Gasteiger charge is 2.34. The van der Waals surface area contributed by atoms with Gasteiger partial charge in [-0.15, -0.1) is 10.2 Å². The van der Waals surface area contributed by atoms with Gasteiger partial charge in [-0.05, 0) is 55.3 Å². The van der Waals surface area contributed by atoms with Crippen LogP contribution in [0.4, 0.5) is 0 Å². The molecule has 2 aromatic heterocycles. The maximum absolute atomic E-state index is 10.3. The Morgan fingerprint density at radius 1 is 1.00 bits per heavy atom. The first kappa shape index (κ1) is 15.5. The van der Waals surface area contributed by atoms with Crippen molar-refractivity contribution in [2.45, 2.75) is 43.9 Å². The number of phenols is 1. The summed E-state index contributed by atoms with van der Waals surface area (Å²) in [7, 11) is 0. The van der Waals surface area contributed by atoms with E-state index in [-0.39, 0.29) is 11.9 Å². The van der Waals surface area contributed by atoms with Crippen molar-refractivity contribution in [2.75, 3.05) is 0 Å². The quantitative estimate of drug-likeness (QED) is 0.757. The number of pyridine rings is 1. The first-order chi connectivity index (χ1) is 12.7. The molecule has 132 valence electrons. The molecule has 0 aliphatic carbocycles. The predicted octanol–water partition coefficient (Wildman–Crippen LogP) is 3.06. The number of benzene rings is 1. The summed E-state index contributed by atoms with van der Waals surface area (Å²) in [6.45, 7) is 0. The minimum absolute atomic E-state index is 0.170. The highest BCUT2D eigenvalue weighted by atomic mass is 16.5. The Morgan fingerprint density at radius 3 is 2.62 bits per heavy atom. The molecule has 26 heavy (non-hydrogen) atoms. The molecule has 2 aliphatic rings. The Kier molecular flexibility index (Phi) is 3.71. The lowest BCUT2D eigenvalue weighted by molar-refractivity contribution is 0.130. The molecule has 2 saturated heterocycles. The van der Waals surface area contributed by atoms with Gasteiger partial charge in [0.25, 0.3) is 0 Å². The number of hydrogen-bond acceptors (Lipinski definition) is 6. The van der Waals surface area contributed by atoms with Crippen molar-refractivity contribution in [3.05, 3.63) is 42.7 Å². The second kappa shape index (κ2) is 6.21. The molecule has 2 aliphatic heterocycles. The van der Waals surface area contributed by atoms with Crippen molar-refractivity contribution >= 4 is 10.8 Å². The Labute approximate surface area is 151 Å². The normalized spacial score (nSPS) is 24.7. The molecular weight excluding hydrogens is 328 g/mol. The number of nitrogens with one attached hydrogen (secondary N) is 1. The largest absolute Gasteiger partial charge is 0.507 e. The van der Waals surface area contributed by atoms with Gasteiger partial charge < -0.3 is 15.2 Å². The van der Waals surface area contributed by atoms with Gasteiger partial charge in [0.15, 0.2) is 0 Å². The lowest BCUT2D eigenvalue weighted by Crippen LogP contribution is -2.42. The van der Waals surface area contributed by atoms with Gasteiger partial charge in [-0.1, -0.05) is 0 Å². The molecule has 0 saturated carbocycles. The minimum atomic E-state index is 0.170. The molecule has 3 aromatic rings. The van der Waals surface area contributed by atoms with Crippen LogP contribution in [0.25, 0.3) is 22.0 Å². The van der Waals surface area contributed by atoms with Crippen LogP contribution in [0.5, 0.6) is 11.6 Å². The smallest absolute Gasteiger partial charge is 0.233 e. The number of ether oxygens (including phenoxy) is 1. The van der Waals surface area contributed by atoms with Gasteiger partial charge >= 0.3 is 0 Å². The van der Waals surface area contributed by atoms with Crippen LogP contribution in [0.2, 0.25) is 0 Å². The second-order valence-electron chi connectivity index (χ2n) is 7.20. The van der Waals surface area contributed by atoms with Crippen molar-refractivity contribution in [1.29, 1.82) is 0 Å². The van der Waals surface area contributed by atoms with E-state index in [9.17, 15) is 5.11 Å². The zero-order valence-corrected chi connectivity index (χ0v) is 14.3. The molecule has 2 N–H and O–H groups in total. The number of aromatic hydroxyl groups is 1. The van der Waals surface area contributed by atoms with E-state index in [0.717, 1.165) is 23.6 Å². The molecule has 4 heterocycles. The van der Waals surface area contributed by atoms with Crippen molar-refractivity contribution in [1.82, 2.24) is 20.5 Å². The summed E-state index contributed by atoms with van der Waals surface area (Å²) in [6.07, 6.45) is 8.21. The number of piperidine rings is 1. The summed E-state index contributed by atoms with van der Waals surface area (Å²) in [5.74, 6) is 0.716. The van der Waals surface area contributed by atoms with E-state index in [4.69, 9.17) is 4.74 Å². The zero-order valence-electron chi connectivity index (χ0n) is 14.3. The molecule has 1 aromatic carbocycles. The molecule has 0 radical (unpaired) electrons. The number of phenolic OH excluding ortho intramolecular Hbond substituents is 1. The summed E-state index contributed by atoms with van der Waals surface area (Å²) in [4.78, 5) is 4.08. The third-order valence-electron chi connectivity index (χ3n) is 5.39. The van der Waals surface area contributed by atoms with Crippen LogP contribution < -0.4 is 10.1 Å². The molecule has 6 nitrogen and oxygen atoms in total. The fourth-order valence-electron chi connectivity index (χ4n) is 4.13. The third-order valence-corrected chi connectivity index (χ3v) is 5.39. The van der Waals surface area contributed by atoms with E-state index in [1.807, 2.05) is 24.3 Å². The van der Waals surface area contributed by atoms with E-state index < -0.39 is 0 Å². The van der Waals surface area contributed by atoms with Gasteiger partial charge in [-0.3, -0.25) is 4.98 Å². The van der Waals surface area contributed by atoms with E-state index in [0.29, 0.717) is 29.2 Å². The SMILES string of the molecule is Oc1cc2cnccc2cc1-c1ccc(O[C@H]2CC3CC[C@H](C2)N3)nn1. The van der Waals surface area contributed by atoms with E-state index >= 15 is 0 Å². The Bertz CT molecular complexity index is 932. The first-order valence-electron chi connectivity index (χ1n) is 9.08. The monoisotopic (exact) mass is 348 g/mol. The summed E-state index contributed by atoms with van der Waals surface area (Å²) >= 11 is 0. The van der Waals surface area contributed by atoms with Crippen LogP contribution in [0.3, 0.4) is 0 Å². The van der Waals surface area contributed by atoms with Crippen LogP contribution in [0, 0.1) is 0 Å². The maximum atomic E-state index is 10.3. The first-order valence-corrected chi connectivity index (χ1v) is 9.08. The third kappa shape index (κ3) is 2.86. The van der Waals surface area contributed by atoms with Crippen LogP contribution >= 0.6 is 0 Å². The molecule has 0 spiro atoms. The molecule has 6 heteroatoms. The molecular formula is C20H20N4O2. The van der Waals surface area contributed by atoms with E-state index in [2.05, 4.69) is 20.5 Å². The number of rotatable bonds is 3. The summed E-state index contributed by atoms with van der Waals surface area (Å²) in [6, 6.07) is 10.4. The topological polar surface area (TPSA) is 80.2 Å². The number of nitrogens with zero attached hydrogens (tertiary/aromatic N) is 3. The van der Waals surface area contributed by atoms with Gasteiger partial charge in [0.1, 0.15) is 11.9 Å². The molecule has 0 amide bonds. The molecule has 2 bridgehead atoms. The van der Waals surface area contributed by atoms with Crippen molar-refractivity contribution in [3.8, 4) is 22.9 Å². The van der Waals surface area contributed by atoms with Crippen LogP contribution in [0.15, 0.2) is 42.7 Å². The zero-order chi connectivity index (χ0) is 17.5. The predicted molar refractivity (Wildman–Crippen MR) is 98.0 cm³/mol. The second-order valence-corrected chi connectivity index (χ2v) is 7.20. The number of aromatic nitrogens is 3. The molecule has 2 fully saturated rings. The van der Waals surface area contributed by atoms with Crippen molar-refractivity contribution < 1.29 is 9.84 Å². The van der Waals surface area contributed by atoms with Gasteiger partial charge in [-0.25, -0.2) is 0 Å². The van der Waals surface area contributed by atoms with Gasteiger partial charge in [0.2, 0.25) is 5.88 Å². The Morgan fingerprint density at radius 2 is 1.85 bits per heavy atom. The Hall–Kier alpha value is -2.73. The van der Waals surface area contributed by atoms with Crippen molar-refractivity contribution in [2.24, 2.45) is 0 Å². The highest BCUT2D eigenvalue weighted by molar-refractivity contribution is 5.89. The van der Waals surface area contributed by atoms with Crippen molar-refractivity contribution in [3.63, 3.8) is 0 Å². The minimum Gasteiger partial charge on any atom is -0.507 e. The summed E-state index contributed by atoms with van der Waals surface area (Å²) in [5, 5.41) is 24.3. The lowest BCUT2D eigenvalue weighted by atomic mass is 10.0. The standard InChI is InChI=1S/C20H20N4O2/c25-19-8-13-11-21-6-5-12(13)7-17(19)18-3-4-20(24-23-18)26-16-9-14-1-2-15(10-16)22-14/h3-8,11,14-16,22,25H,1-2,9-10H2/t14-,15?,16-/m1/s1. The fourth-order valence-corrected chi connectivity index (χ4v) is 4.13. The van der Waals surface area contributed by atoms with Crippen LogP contribution in [-0.2, 0) is 0 Å². The van der Waals surface area contributed by atoms with Gasteiger partial charge in [0, 0.05) is 41.5 Å².